The maximum absolute atomic E-state index is 11.2. The van der Waals surface area contributed by atoms with Gasteiger partial charge >= 0.3 is 0 Å². The Kier molecular flexibility index (Phi) is 6.64. The van der Waals surface area contributed by atoms with Gasteiger partial charge in [0.1, 0.15) is 0 Å². The van der Waals surface area contributed by atoms with Crippen LogP contribution in [0.2, 0.25) is 0 Å². The Labute approximate surface area is 90.2 Å². The first-order valence-electron chi connectivity index (χ1n) is 4.99. The monoisotopic (exact) mass is 216 g/mol. The standard InChI is InChI=1S/C9H20N4O2/c1-4-13(6-9(15)11-3)7(2)5-8(14)12-10/h7H,4-6,10H2,1-3H3,(H,11,15)(H,12,14). The smallest absolute Gasteiger partial charge is 0.235 e. The molecule has 0 aromatic carbocycles. The van der Waals surface area contributed by atoms with Crippen molar-refractivity contribution in [3.63, 3.8) is 0 Å². The van der Waals surface area contributed by atoms with Crippen LogP contribution in [0.25, 0.3) is 0 Å². The van der Waals surface area contributed by atoms with Crippen LogP contribution in [-0.4, -0.2) is 42.9 Å². The Morgan fingerprint density at radius 3 is 2.40 bits per heavy atom. The molecule has 1 unspecified atom stereocenters. The molecule has 0 bridgehead atoms. The molecule has 6 heteroatoms. The molecule has 0 aromatic rings. The number of likely N-dealkylation sites (N-methyl/N-ethyl adjacent to an activating group) is 2. The van der Waals surface area contributed by atoms with Gasteiger partial charge in [-0.2, -0.15) is 0 Å². The SMILES string of the molecule is CCN(CC(=O)NC)C(C)CC(=O)NN. The van der Waals surface area contributed by atoms with Crippen LogP contribution in [0.3, 0.4) is 0 Å². The first kappa shape index (κ1) is 13.9. The van der Waals surface area contributed by atoms with Crippen molar-refractivity contribution in [3.8, 4) is 0 Å². The topological polar surface area (TPSA) is 87.5 Å². The quantitative estimate of drug-likeness (QED) is 0.296. The lowest BCUT2D eigenvalue weighted by Gasteiger charge is -2.26. The van der Waals surface area contributed by atoms with Crippen molar-refractivity contribution < 1.29 is 9.59 Å². The fraction of sp³-hybridized carbons (Fsp3) is 0.778. The number of carbonyl (C=O) groups excluding carboxylic acids is 2. The average Bonchev–Trinajstić information content (AvgIpc) is 2.24. The number of nitrogens with one attached hydrogen (secondary N) is 2. The summed E-state index contributed by atoms with van der Waals surface area (Å²) in [5.74, 6) is 4.71. The van der Waals surface area contributed by atoms with Crippen molar-refractivity contribution in [1.82, 2.24) is 15.6 Å². The van der Waals surface area contributed by atoms with E-state index in [0.717, 1.165) is 0 Å². The van der Waals surface area contributed by atoms with Gasteiger partial charge in [-0.3, -0.25) is 19.9 Å². The minimum absolute atomic E-state index is 0.00384. The molecule has 0 aromatic heterocycles. The predicted molar refractivity (Wildman–Crippen MR) is 57.7 cm³/mol. The zero-order chi connectivity index (χ0) is 11.8. The van der Waals surface area contributed by atoms with Gasteiger partial charge in [0.25, 0.3) is 0 Å². The molecular formula is C9H20N4O2. The van der Waals surface area contributed by atoms with Crippen LogP contribution in [0, 0.1) is 0 Å². The number of amides is 2. The molecule has 0 aliphatic heterocycles. The van der Waals surface area contributed by atoms with E-state index < -0.39 is 0 Å². The summed E-state index contributed by atoms with van der Waals surface area (Å²) in [6, 6.07) is -0.00384. The summed E-state index contributed by atoms with van der Waals surface area (Å²) in [5, 5.41) is 2.55. The van der Waals surface area contributed by atoms with Gasteiger partial charge in [-0.15, -0.1) is 0 Å². The maximum atomic E-state index is 11.2. The number of nitrogens with two attached hydrogens (primary N) is 1. The Bertz CT molecular complexity index is 220. The van der Waals surface area contributed by atoms with Gasteiger partial charge in [0, 0.05) is 19.5 Å². The molecule has 0 radical (unpaired) electrons. The molecule has 2 amide bonds. The molecule has 6 nitrogen and oxygen atoms in total. The van der Waals surface area contributed by atoms with E-state index in [1.54, 1.807) is 7.05 Å². The Hall–Kier alpha value is -1.14. The van der Waals surface area contributed by atoms with E-state index in [4.69, 9.17) is 5.84 Å². The van der Waals surface area contributed by atoms with Gasteiger partial charge in [-0.1, -0.05) is 6.92 Å². The molecule has 0 aliphatic carbocycles. The second kappa shape index (κ2) is 7.19. The van der Waals surface area contributed by atoms with Crippen molar-refractivity contribution in [1.29, 1.82) is 0 Å². The third kappa shape index (κ3) is 5.34. The maximum Gasteiger partial charge on any atom is 0.235 e. The van der Waals surface area contributed by atoms with E-state index in [1.807, 2.05) is 18.7 Å². The van der Waals surface area contributed by atoms with Crippen LogP contribution in [0.1, 0.15) is 20.3 Å². The second-order valence-electron chi connectivity index (χ2n) is 3.36. The fourth-order valence-electron chi connectivity index (χ4n) is 1.30. The second-order valence-corrected chi connectivity index (χ2v) is 3.36. The average molecular weight is 216 g/mol. The number of hydrogen-bond acceptors (Lipinski definition) is 4. The van der Waals surface area contributed by atoms with Crippen molar-refractivity contribution in [2.45, 2.75) is 26.3 Å². The first-order chi connectivity index (χ1) is 7.04. The Morgan fingerprint density at radius 2 is 2.00 bits per heavy atom. The van der Waals surface area contributed by atoms with E-state index in [2.05, 4.69) is 10.7 Å². The summed E-state index contributed by atoms with van der Waals surface area (Å²) in [7, 11) is 1.59. The van der Waals surface area contributed by atoms with E-state index in [-0.39, 0.29) is 17.9 Å². The number of hydrogen-bond donors (Lipinski definition) is 3. The van der Waals surface area contributed by atoms with Crippen molar-refractivity contribution >= 4 is 11.8 Å². The van der Waals surface area contributed by atoms with E-state index in [9.17, 15) is 9.59 Å². The first-order valence-corrected chi connectivity index (χ1v) is 4.99. The summed E-state index contributed by atoms with van der Waals surface area (Å²) in [6.45, 7) is 4.85. The van der Waals surface area contributed by atoms with Crippen molar-refractivity contribution in [2.24, 2.45) is 5.84 Å². The zero-order valence-corrected chi connectivity index (χ0v) is 9.54. The highest BCUT2D eigenvalue weighted by Crippen LogP contribution is 2.02. The number of carbonyl (C=O) groups is 2. The van der Waals surface area contributed by atoms with Crippen LogP contribution < -0.4 is 16.6 Å². The summed E-state index contributed by atoms with van der Waals surface area (Å²) in [5.41, 5.74) is 2.08. The minimum atomic E-state index is -0.224. The van der Waals surface area contributed by atoms with Gasteiger partial charge in [0.15, 0.2) is 0 Å². The van der Waals surface area contributed by atoms with Gasteiger partial charge in [0.05, 0.1) is 6.54 Å². The number of rotatable bonds is 6. The Morgan fingerprint density at radius 1 is 1.40 bits per heavy atom. The molecule has 0 heterocycles. The molecule has 1 atom stereocenters. The molecule has 0 fully saturated rings. The Balaban J connectivity index is 4.15. The third-order valence-corrected chi connectivity index (χ3v) is 2.30. The highest BCUT2D eigenvalue weighted by molar-refractivity contribution is 5.78. The summed E-state index contributed by atoms with van der Waals surface area (Å²) in [4.78, 5) is 24.1. The minimum Gasteiger partial charge on any atom is -0.358 e. The predicted octanol–water partition coefficient (Wildman–Crippen LogP) is -1.18. The largest absolute Gasteiger partial charge is 0.358 e. The summed E-state index contributed by atoms with van der Waals surface area (Å²) < 4.78 is 0. The molecule has 15 heavy (non-hydrogen) atoms. The van der Waals surface area contributed by atoms with Gasteiger partial charge < -0.3 is 5.32 Å². The fourth-order valence-corrected chi connectivity index (χ4v) is 1.30. The molecule has 0 saturated carbocycles. The summed E-state index contributed by atoms with van der Waals surface area (Å²) in [6.07, 6.45) is 0.293. The highest BCUT2D eigenvalue weighted by atomic mass is 16.2. The van der Waals surface area contributed by atoms with Crippen LogP contribution in [-0.2, 0) is 9.59 Å². The lowest BCUT2D eigenvalue weighted by Crippen LogP contribution is -2.43. The molecular weight excluding hydrogens is 196 g/mol. The molecule has 0 rings (SSSR count). The van der Waals surface area contributed by atoms with Gasteiger partial charge in [0.2, 0.25) is 11.8 Å². The third-order valence-electron chi connectivity index (χ3n) is 2.30. The van der Waals surface area contributed by atoms with E-state index in [1.165, 1.54) is 0 Å². The van der Waals surface area contributed by atoms with E-state index >= 15 is 0 Å². The van der Waals surface area contributed by atoms with Crippen LogP contribution in [0.15, 0.2) is 0 Å². The molecule has 0 aliphatic rings. The van der Waals surface area contributed by atoms with Crippen molar-refractivity contribution in [3.05, 3.63) is 0 Å². The number of hydrazine groups is 1. The molecule has 0 saturated heterocycles. The normalized spacial score (nSPS) is 12.3. The lowest BCUT2D eigenvalue weighted by molar-refractivity contribution is -0.125. The van der Waals surface area contributed by atoms with E-state index in [0.29, 0.717) is 19.5 Å². The van der Waals surface area contributed by atoms with Gasteiger partial charge in [-0.25, -0.2) is 5.84 Å². The lowest BCUT2D eigenvalue weighted by atomic mass is 10.2. The van der Waals surface area contributed by atoms with Crippen LogP contribution >= 0.6 is 0 Å². The van der Waals surface area contributed by atoms with Crippen LogP contribution in [0.5, 0.6) is 0 Å². The zero-order valence-electron chi connectivity index (χ0n) is 9.54. The van der Waals surface area contributed by atoms with Crippen molar-refractivity contribution in [2.75, 3.05) is 20.1 Å². The van der Waals surface area contributed by atoms with Crippen LogP contribution in [0.4, 0.5) is 0 Å². The van der Waals surface area contributed by atoms with Gasteiger partial charge in [-0.05, 0) is 13.5 Å². The molecule has 0 spiro atoms. The highest BCUT2D eigenvalue weighted by Gasteiger charge is 2.17. The summed E-state index contributed by atoms with van der Waals surface area (Å²) >= 11 is 0. The molecule has 4 N–H and O–H groups in total. The number of nitrogens with zero attached hydrogens (tertiary/aromatic N) is 1. The molecule has 88 valence electrons.